The van der Waals surface area contributed by atoms with E-state index in [1.807, 2.05) is 4.72 Å². The number of halogens is 4. The molecule has 0 unspecified atom stereocenters. The average Bonchev–Trinajstić information content (AvgIpc) is 2.39. The van der Waals surface area contributed by atoms with E-state index in [0.717, 1.165) is 18.5 Å². The SMILES string of the molecule is Nc1cc(S(=O)(=O)Nc2ncnc(Cl)c2Cl)c(F)cc1Br. The zero-order valence-electron chi connectivity index (χ0n) is 9.94. The van der Waals surface area contributed by atoms with Crippen LogP contribution in [0.15, 0.2) is 27.8 Å². The summed E-state index contributed by atoms with van der Waals surface area (Å²) in [5.74, 6) is -1.25. The van der Waals surface area contributed by atoms with Crippen LogP contribution in [0.5, 0.6) is 0 Å². The van der Waals surface area contributed by atoms with Crippen molar-refractivity contribution in [3.05, 3.63) is 38.9 Å². The molecule has 2 rings (SSSR count). The lowest BCUT2D eigenvalue weighted by Gasteiger charge is -2.10. The van der Waals surface area contributed by atoms with Crippen LogP contribution in [-0.2, 0) is 10.0 Å². The first-order valence-corrected chi connectivity index (χ1v) is 8.19. The summed E-state index contributed by atoms with van der Waals surface area (Å²) in [6.07, 6.45) is 1.01. The van der Waals surface area contributed by atoms with Gasteiger partial charge in [0.15, 0.2) is 11.0 Å². The first-order chi connectivity index (χ1) is 9.72. The molecule has 11 heteroatoms. The molecule has 1 heterocycles. The molecule has 112 valence electrons. The van der Waals surface area contributed by atoms with E-state index in [4.69, 9.17) is 28.9 Å². The number of anilines is 2. The summed E-state index contributed by atoms with van der Waals surface area (Å²) < 4.78 is 40.4. The van der Waals surface area contributed by atoms with E-state index in [1.165, 1.54) is 0 Å². The summed E-state index contributed by atoms with van der Waals surface area (Å²) in [7, 11) is -4.28. The molecule has 1 aromatic heterocycles. The lowest BCUT2D eigenvalue weighted by molar-refractivity contribution is 0.570. The van der Waals surface area contributed by atoms with Crippen molar-refractivity contribution in [2.24, 2.45) is 0 Å². The molecular formula is C10H6BrCl2FN4O2S. The van der Waals surface area contributed by atoms with E-state index in [-0.39, 0.29) is 26.2 Å². The maximum Gasteiger partial charge on any atom is 0.266 e. The summed E-state index contributed by atoms with van der Waals surface area (Å²) in [6, 6.07) is 1.91. The Kier molecular flexibility index (Phi) is 4.57. The number of rotatable bonds is 3. The summed E-state index contributed by atoms with van der Waals surface area (Å²) in [4.78, 5) is 6.57. The smallest absolute Gasteiger partial charge is 0.266 e. The molecular weight excluding hydrogens is 410 g/mol. The number of benzene rings is 1. The highest BCUT2D eigenvalue weighted by atomic mass is 79.9. The van der Waals surface area contributed by atoms with Gasteiger partial charge in [0.05, 0.1) is 0 Å². The molecule has 2 aromatic rings. The second kappa shape index (κ2) is 5.91. The van der Waals surface area contributed by atoms with Crippen LogP contribution < -0.4 is 10.5 Å². The van der Waals surface area contributed by atoms with Gasteiger partial charge in [-0.15, -0.1) is 0 Å². The van der Waals surface area contributed by atoms with Crippen molar-refractivity contribution in [1.82, 2.24) is 9.97 Å². The predicted molar refractivity (Wildman–Crippen MR) is 81.4 cm³/mol. The lowest BCUT2D eigenvalue weighted by atomic mass is 10.3. The number of hydrogen-bond donors (Lipinski definition) is 2. The van der Waals surface area contributed by atoms with Gasteiger partial charge in [0.1, 0.15) is 22.1 Å². The van der Waals surface area contributed by atoms with Crippen LogP contribution in [-0.4, -0.2) is 18.4 Å². The van der Waals surface area contributed by atoms with Crippen molar-refractivity contribution < 1.29 is 12.8 Å². The standard InChI is InChI=1S/C10H6BrCl2FN4O2S/c11-4-1-5(14)7(2-6(4)15)21(19,20)18-10-8(12)9(13)16-3-17-10/h1-3H,15H2,(H,16,17,18). The predicted octanol–water partition coefficient (Wildman–Crippen LogP) is 3.07. The van der Waals surface area contributed by atoms with Crippen LogP contribution in [0.3, 0.4) is 0 Å². The zero-order valence-corrected chi connectivity index (χ0v) is 13.9. The second-order valence-corrected chi connectivity index (χ2v) is 6.98. The number of nitrogens with two attached hydrogens (primary N) is 1. The van der Waals surface area contributed by atoms with Crippen molar-refractivity contribution in [3.8, 4) is 0 Å². The molecule has 21 heavy (non-hydrogen) atoms. The molecule has 0 spiro atoms. The molecule has 0 fully saturated rings. The molecule has 0 radical (unpaired) electrons. The van der Waals surface area contributed by atoms with Crippen LogP contribution in [0, 0.1) is 5.82 Å². The Labute approximate surface area is 137 Å². The van der Waals surface area contributed by atoms with Crippen LogP contribution in [0.4, 0.5) is 15.9 Å². The van der Waals surface area contributed by atoms with Gasteiger partial charge >= 0.3 is 0 Å². The topological polar surface area (TPSA) is 98.0 Å². The van der Waals surface area contributed by atoms with Crippen molar-refractivity contribution in [2.75, 3.05) is 10.5 Å². The van der Waals surface area contributed by atoms with E-state index in [9.17, 15) is 12.8 Å². The summed E-state index contributed by atoms with van der Waals surface area (Å²) in [5, 5.41) is -0.339. The molecule has 6 nitrogen and oxygen atoms in total. The van der Waals surface area contributed by atoms with E-state index in [2.05, 4.69) is 25.9 Å². The maximum absolute atomic E-state index is 13.8. The van der Waals surface area contributed by atoms with Crippen molar-refractivity contribution in [1.29, 1.82) is 0 Å². The molecule has 3 N–H and O–H groups in total. The fourth-order valence-electron chi connectivity index (χ4n) is 1.35. The Morgan fingerprint density at radius 2 is 1.95 bits per heavy atom. The quantitative estimate of drug-likeness (QED) is 0.592. The van der Waals surface area contributed by atoms with Gasteiger partial charge < -0.3 is 5.73 Å². The maximum atomic E-state index is 13.8. The van der Waals surface area contributed by atoms with Gasteiger partial charge in [0, 0.05) is 10.2 Å². The molecule has 1 aromatic carbocycles. The van der Waals surface area contributed by atoms with Crippen molar-refractivity contribution >= 4 is 60.7 Å². The third-order valence-corrected chi connectivity index (χ3v) is 5.10. The molecule has 0 atom stereocenters. The molecule has 0 saturated heterocycles. The number of nitrogens with zero attached hydrogens (tertiary/aromatic N) is 2. The Morgan fingerprint density at radius 3 is 2.62 bits per heavy atom. The number of nitrogens with one attached hydrogen (secondary N) is 1. The van der Waals surface area contributed by atoms with Crippen LogP contribution in [0.1, 0.15) is 0 Å². The Hall–Kier alpha value is -1.16. The molecule has 0 aliphatic rings. The highest BCUT2D eigenvalue weighted by molar-refractivity contribution is 9.10. The molecule has 0 amide bonds. The average molecular weight is 416 g/mol. The normalized spacial score (nSPS) is 11.4. The number of nitrogen functional groups attached to an aromatic ring is 1. The Balaban J connectivity index is 2.48. The molecule has 0 saturated carbocycles. The van der Waals surface area contributed by atoms with E-state index in [1.54, 1.807) is 0 Å². The van der Waals surface area contributed by atoms with Gasteiger partial charge in [-0.3, -0.25) is 4.72 Å². The van der Waals surface area contributed by atoms with Gasteiger partial charge in [0.25, 0.3) is 10.0 Å². The third-order valence-electron chi connectivity index (χ3n) is 2.32. The fraction of sp³-hybridized carbons (Fsp3) is 0. The second-order valence-electron chi connectivity index (χ2n) is 3.74. The first kappa shape index (κ1) is 16.2. The van der Waals surface area contributed by atoms with Gasteiger partial charge in [-0.25, -0.2) is 22.8 Å². The highest BCUT2D eigenvalue weighted by Crippen LogP contribution is 2.30. The van der Waals surface area contributed by atoms with Crippen molar-refractivity contribution in [2.45, 2.75) is 4.90 Å². The van der Waals surface area contributed by atoms with Crippen LogP contribution in [0.25, 0.3) is 0 Å². The monoisotopic (exact) mass is 414 g/mol. The number of aromatic nitrogens is 2. The third kappa shape index (κ3) is 3.37. The van der Waals surface area contributed by atoms with Gasteiger partial charge in [0.2, 0.25) is 0 Å². The summed E-state index contributed by atoms with van der Waals surface area (Å²) in [5.41, 5.74) is 5.61. The van der Waals surface area contributed by atoms with Gasteiger partial charge in [-0.1, -0.05) is 23.2 Å². The molecule has 0 bridgehead atoms. The largest absolute Gasteiger partial charge is 0.398 e. The van der Waals surface area contributed by atoms with E-state index >= 15 is 0 Å². The molecule has 0 aliphatic heterocycles. The van der Waals surface area contributed by atoms with Crippen molar-refractivity contribution in [3.63, 3.8) is 0 Å². The minimum absolute atomic E-state index is 0.0589. The Bertz CT molecular complexity index is 819. The minimum Gasteiger partial charge on any atom is -0.398 e. The van der Waals surface area contributed by atoms with E-state index in [0.29, 0.717) is 0 Å². The number of sulfonamides is 1. The summed E-state index contributed by atoms with van der Waals surface area (Å²) >= 11 is 14.4. The fourth-order valence-corrected chi connectivity index (χ4v) is 3.12. The first-order valence-electron chi connectivity index (χ1n) is 5.15. The summed E-state index contributed by atoms with van der Waals surface area (Å²) in [6.45, 7) is 0. The minimum atomic E-state index is -4.28. The lowest BCUT2D eigenvalue weighted by Crippen LogP contribution is -2.16. The van der Waals surface area contributed by atoms with Crippen LogP contribution in [0.2, 0.25) is 10.2 Å². The van der Waals surface area contributed by atoms with Gasteiger partial charge in [-0.2, -0.15) is 0 Å². The molecule has 0 aliphatic carbocycles. The number of hydrogen-bond acceptors (Lipinski definition) is 5. The van der Waals surface area contributed by atoms with E-state index < -0.39 is 20.7 Å². The van der Waals surface area contributed by atoms with Crippen LogP contribution >= 0.6 is 39.1 Å². The Morgan fingerprint density at radius 1 is 1.29 bits per heavy atom. The van der Waals surface area contributed by atoms with Gasteiger partial charge in [-0.05, 0) is 28.1 Å². The highest BCUT2D eigenvalue weighted by Gasteiger charge is 2.23. The zero-order chi connectivity index (χ0) is 15.8.